The highest BCUT2D eigenvalue weighted by Gasteiger charge is 2.52. The molecule has 4 rings (SSSR count). The molecule has 0 amide bonds. The Morgan fingerprint density at radius 3 is 2.03 bits per heavy atom. The lowest BCUT2D eigenvalue weighted by atomic mass is 9.77. The molecule has 0 aromatic heterocycles. The van der Waals surface area contributed by atoms with Gasteiger partial charge in [-0.15, -0.1) is 0 Å². The van der Waals surface area contributed by atoms with Crippen molar-refractivity contribution in [1.29, 1.82) is 0 Å². The van der Waals surface area contributed by atoms with Gasteiger partial charge in [0.2, 0.25) is 0 Å². The van der Waals surface area contributed by atoms with E-state index >= 15 is 0 Å². The number of rotatable bonds is 6. The molecule has 1 fully saturated rings. The monoisotopic (exact) mass is 420 g/mol. The van der Waals surface area contributed by atoms with Crippen LogP contribution in [0.1, 0.15) is 44.7 Å². The minimum atomic E-state index is -0.835. The molecule has 1 saturated heterocycles. The van der Waals surface area contributed by atoms with E-state index in [2.05, 4.69) is 10.6 Å². The standard InChI is InChI=1S/C24H24N2O5/c1-30-23(29)24(10-12-25-13-11-24)22-26-20(18-6-2-16(14-27)3-7-18)21(31-22)19-8-4-17(15-28)5-9-19/h2-9,14-15,22,25-26H,10-13H2,1H3/t22-/m1/s1. The number of hydrogen-bond donors (Lipinski definition) is 2. The Balaban J connectivity index is 1.76. The van der Waals surface area contributed by atoms with E-state index in [0.717, 1.165) is 29.4 Å². The molecule has 7 nitrogen and oxygen atoms in total. The van der Waals surface area contributed by atoms with Crippen LogP contribution in [-0.2, 0) is 14.3 Å². The largest absolute Gasteiger partial charge is 0.468 e. The lowest BCUT2D eigenvalue weighted by Gasteiger charge is -2.39. The maximum Gasteiger partial charge on any atom is 0.317 e. The molecule has 0 aliphatic carbocycles. The second-order valence-corrected chi connectivity index (χ2v) is 7.72. The summed E-state index contributed by atoms with van der Waals surface area (Å²) in [5.74, 6) is 0.280. The maximum atomic E-state index is 12.9. The molecule has 2 aromatic rings. The lowest BCUT2D eigenvalue weighted by Crippen LogP contribution is -2.54. The van der Waals surface area contributed by atoms with E-state index in [9.17, 15) is 14.4 Å². The normalized spacial score (nSPS) is 19.8. The van der Waals surface area contributed by atoms with Crippen molar-refractivity contribution in [3.63, 3.8) is 0 Å². The van der Waals surface area contributed by atoms with Gasteiger partial charge in [0.25, 0.3) is 0 Å². The number of carbonyl (C=O) groups is 3. The van der Waals surface area contributed by atoms with Gasteiger partial charge in [0.1, 0.15) is 18.0 Å². The van der Waals surface area contributed by atoms with Gasteiger partial charge in [-0.3, -0.25) is 14.4 Å². The van der Waals surface area contributed by atoms with Gasteiger partial charge < -0.3 is 20.1 Å². The summed E-state index contributed by atoms with van der Waals surface area (Å²) >= 11 is 0. The van der Waals surface area contributed by atoms with Crippen LogP contribution in [0.15, 0.2) is 48.5 Å². The Morgan fingerprint density at radius 1 is 0.968 bits per heavy atom. The summed E-state index contributed by atoms with van der Waals surface area (Å²) in [5, 5.41) is 6.70. The average molecular weight is 420 g/mol. The molecule has 2 aromatic carbocycles. The zero-order valence-corrected chi connectivity index (χ0v) is 17.2. The minimum absolute atomic E-state index is 0.306. The quantitative estimate of drug-likeness (QED) is 0.548. The van der Waals surface area contributed by atoms with Crippen molar-refractivity contribution in [2.75, 3.05) is 20.2 Å². The molecule has 0 radical (unpaired) electrons. The van der Waals surface area contributed by atoms with Gasteiger partial charge in [-0.2, -0.15) is 0 Å². The van der Waals surface area contributed by atoms with E-state index in [4.69, 9.17) is 9.47 Å². The summed E-state index contributed by atoms with van der Waals surface area (Å²) < 4.78 is 11.6. The number of benzene rings is 2. The first-order chi connectivity index (χ1) is 15.1. The summed E-state index contributed by atoms with van der Waals surface area (Å²) in [7, 11) is 1.40. The molecule has 2 N–H and O–H groups in total. The van der Waals surface area contributed by atoms with Crippen LogP contribution in [0.5, 0.6) is 0 Å². The molecule has 1 atom stereocenters. The fraction of sp³-hybridized carbons (Fsp3) is 0.292. The summed E-state index contributed by atoms with van der Waals surface area (Å²) in [5.41, 5.74) is 2.64. The van der Waals surface area contributed by atoms with Crippen molar-refractivity contribution in [3.05, 3.63) is 70.8 Å². The van der Waals surface area contributed by atoms with E-state index in [1.807, 2.05) is 24.3 Å². The molecule has 2 aliphatic heterocycles. The number of methoxy groups -OCH3 is 1. The van der Waals surface area contributed by atoms with E-state index < -0.39 is 11.6 Å². The van der Waals surface area contributed by atoms with Gasteiger partial charge >= 0.3 is 5.97 Å². The number of nitrogens with one attached hydrogen (secondary N) is 2. The van der Waals surface area contributed by atoms with Crippen LogP contribution in [0, 0.1) is 5.41 Å². The molecule has 7 heteroatoms. The highest BCUT2D eigenvalue weighted by Crippen LogP contribution is 2.43. The Labute approximate surface area is 180 Å². The third-order valence-electron chi connectivity index (χ3n) is 5.97. The summed E-state index contributed by atoms with van der Waals surface area (Å²) in [6, 6.07) is 14.2. The van der Waals surface area contributed by atoms with Crippen molar-refractivity contribution in [1.82, 2.24) is 10.6 Å². The molecular formula is C24H24N2O5. The highest BCUT2D eigenvalue weighted by molar-refractivity contribution is 5.91. The molecule has 2 aliphatic rings. The van der Waals surface area contributed by atoms with Crippen molar-refractivity contribution in [3.8, 4) is 0 Å². The Kier molecular flexibility index (Phi) is 5.86. The number of piperidine rings is 1. The molecule has 0 unspecified atom stereocenters. The van der Waals surface area contributed by atoms with Gasteiger partial charge in [0.05, 0.1) is 12.8 Å². The second-order valence-electron chi connectivity index (χ2n) is 7.72. The van der Waals surface area contributed by atoms with Gasteiger partial charge in [0, 0.05) is 22.3 Å². The van der Waals surface area contributed by atoms with E-state index in [0.29, 0.717) is 42.8 Å². The molecule has 0 saturated carbocycles. The van der Waals surface area contributed by atoms with Crippen molar-refractivity contribution in [2.45, 2.75) is 19.1 Å². The zero-order valence-electron chi connectivity index (χ0n) is 17.2. The predicted molar refractivity (Wildman–Crippen MR) is 115 cm³/mol. The Hall–Kier alpha value is -3.45. The van der Waals surface area contributed by atoms with E-state index in [1.165, 1.54) is 7.11 Å². The van der Waals surface area contributed by atoms with Gasteiger partial charge in [-0.1, -0.05) is 48.5 Å². The second kappa shape index (κ2) is 8.73. The van der Waals surface area contributed by atoms with Crippen LogP contribution >= 0.6 is 0 Å². The SMILES string of the molecule is COC(=O)C1([C@@H]2NC(c3ccc(C=O)cc3)=C(c3ccc(C=O)cc3)O2)CCNCC1. The fourth-order valence-corrected chi connectivity index (χ4v) is 4.17. The fourth-order valence-electron chi connectivity index (χ4n) is 4.17. The van der Waals surface area contributed by atoms with Crippen LogP contribution in [-0.4, -0.2) is 45.0 Å². The first kappa shape index (κ1) is 20.8. The lowest BCUT2D eigenvalue weighted by molar-refractivity contribution is -0.163. The highest BCUT2D eigenvalue weighted by atomic mass is 16.5. The Bertz CT molecular complexity index is 942. The number of aldehydes is 2. The minimum Gasteiger partial charge on any atom is -0.468 e. The smallest absolute Gasteiger partial charge is 0.317 e. The molecule has 160 valence electrons. The summed E-state index contributed by atoms with van der Waals surface area (Å²) in [4.78, 5) is 35.0. The third-order valence-corrected chi connectivity index (χ3v) is 5.97. The first-order valence-electron chi connectivity index (χ1n) is 10.2. The van der Waals surface area contributed by atoms with Gasteiger partial charge in [-0.25, -0.2) is 0 Å². The Morgan fingerprint density at radius 2 is 1.52 bits per heavy atom. The predicted octanol–water partition coefficient (Wildman–Crippen LogP) is 2.63. The van der Waals surface area contributed by atoms with Crippen molar-refractivity contribution < 1.29 is 23.9 Å². The molecular weight excluding hydrogens is 396 g/mol. The molecule has 2 heterocycles. The van der Waals surface area contributed by atoms with Crippen LogP contribution in [0.3, 0.4) is 0 Å². The van der Waals surface area contributed by atoms with Crippen molar-refractivity contribution >= 4 is 30.0 Å². The van der Waals surface area contributed by atoms with Crippen LogP contribution in [0.2, 0.25) is 0 Å². The number of esters is 1. The van der Waals surface area contributed by atoms with E-state index in [-0.39, 0.29) is 5.97 Å². The van der Waals surface area contributed by atoms with Gasteiger partial charge in [0.15, 0.2) is 12.0 Å². The van der Waals surface area contributed by atoms with Gasteiger partial charge in [-0.05, 0) is 25.9 Å². The van der Waals surface area contributed by atoms with E-state index in [1.54, 1.807) is 24.3 Å². The first-order valence-corrected chi connectivity index (χ1v) is 10.2. The van der Waals surface area contributed by atoms with Crippen LogP contribution < -0.4 is 10.6 Å². The third kappa shape index (κ3) is 3.84. The number of hydrogen-bond acceptors (Lipinski definition) is 7. The summed E-state index contributed by atoms with van der Waals surface area (Å²) in [6.45, 7) is 1.37. The summed E-state index contributed by atoms with van der Waals surface area (Å²) in [6.07, 6.45) is 2.12. The van der Waals surface area contributed by atoms with Crippen LogP contribution in [0.4, 0.5) is 0 Å². The van der Waals surface area contributed by atoms with Crippen LogP contribution in [0.25, 0.3) is 11.5 Å². The average Bonchev–Trinajstić information content (AvgIpc) is 3.30. The number of carbonyl (C=O) groups excluding carboxylic acids is 3. The molecule has 31 heavy (non-hydrogen) atoms. The molecule has 0 bridgehead atoms. The zero-order chi connectivity index (χ0) is 21.8. The molecule has 0 spiro atoms. The van der Waals surface area contributed by atoms with Crippen molar-refractivity contribution in [2.24, 2.45) is 5.41 Å². The topological polar surface area (TPSA) is 93.7 Å². The maximum absolute atomic E-state index is 12.9. The number of ether oxygens (including phenoxy) is 2.